The van der Waals surface area contributed by atoms with Crippen molar-refractivity contribution in [1.29, 1.82) is 0 Å². The molecule has 112 valence electrons. The molecule has 1 heterocycles. The normalized spacial score (nSPS) is 13.3. The van der Waals surface area contributed by atoms with Gasteiger partial charge in [0.1, 0.15) is 5.82 Å². The number of pyridine rings is 1. The van der Waals surface area contributed by atoms with E-state index in [2.05, 4.69) is 10.3 Å². The van der Waals surface area contributed by atoms with Gasteiger partial charge in [-0.3, -0.25) is 0 Å². The summed E-state index contributed by atoms with van der Waals surface area (Å²) in [6, 6.07) is 3.08. The van der Waals surface area contributed by atoms with Gasteiger partial charge in [-0.2, -0.15) is 0 Å². The van der Waals surface area contributed by atoms with E-state index in [0.29, 0.717) is 18.1 Å². The van der Waals surface area contributed by atoms with Gasteiger partial charge in [0, 0.05) is 17.7 Å². The van der Waals surface area contributed by atoms with E-state index >= 15 is 0 Å². The molecule has 1 atom stereocenters. The highest BCUT2D eigenvalue weighted by molar-refractivity contribution is 5.88. The molecule has 5 heteroatoms. The highest BCUT2D eigenvalue weighted by Crippen LogP contribution is 2.23. The van der Waals surface area contributed by atoms with Gasteiger partial charge >= 0.3 is 5.97 Å². The zero-order valence-electron chi connectivity index (χ0n) is 12.8. The van der Waals surface area contributed by atoms with Crippen molar-refractivity contribution in [3.8, 4) is 0 Å². The molecule has 0 aliphatic rings. The smallest absolute Gasteiger partial charge is 0.335 e. The molecule has 0 aromatic carbocycles. The summed E-state index contributed by atoms with van der Waals surface area (Å²) in [5.74, 6) is -0.368. The van der Waals surface area contributed by atoms with Gasteiger partial charge in [-0.1, -0.05) is 34.6 Å². The Kier molecular flexibility index (Phi) is 5.11. The molecule has 0 aliphatic carbocycles. The number of nitrogens with zero attached hydrogens (tertiary/aromatic N) is 1. The van der Waals surface area contributed by atoms with Crippen molar-refractivity contribution in [1.82, 2.24) is 4.98 Å². The van der Waals surface area contributed by atoms with Crippen LogP contribution in [0.4, 0.5) is 5.82 Å². The first-order valence-electron chi connectivity index (χ1n) is 6.79. The molecule has 0 saturated heterocycles. The van der Waals surface area contributed by atoms with Crippen LogP contribution in [0.1, 0.15) is 50.7 Å². The summed E-state index contributed by atoms with van der Waals surface area (Å²) in [5.41, 5.74) is 0.670. The third kappa shape index (κ3) is 4.49. The number of aliphatic hydroxyl groups excluding tert-OH is 1. The van der Waals surface area contributed by atoms with Crippen LogP contribution in [0, 0.1) is 5.92 Å². The molecule has 1 unspecified atom stereocenters. The first-order chi connectivity index (χ1) is 9.11. The van der Waals surface area contributed by atoms with Gasteiger partial charge in [0.05, 0.1) is 11.7 Å². The van der Waals surface area contributed by atoms with Crippen molar-refractivity contribution in [3.63, 3.8) is 0 Å². The van der Waals surface area contributed by atoms with Crippen LogP contribution >= 0.6 is 0 Å². The van der Waals surface area contributed by atoms with Crippen LogP contribution in [-0.2, 0) is 5.41 Å². The molecule has 1 aromatic heterocycles. The van der Waals surface area contributed by atoms with Gasteiger partial charge in [-0.05, 0) is 18.1 Å². The van der Waals surface area contributed by atoms with E-state index in [9.17, 15) is 9.90 Å². The summed E-state index contributed by atoms with van der Waals surface area (Å²) in [6.45, 7) is 10.1. The fourth-order valence-corrected chi connectivity index (χ4v) is 1.57. The van der Waals surface area contributed by atoms with Crippen molar-refractivity contribution in [2.24, 2.45) is 5.92 Å². The van der Waals surface area contributed by atoms with E-state index in [4.69, 9.17) is 5.11 Å². The fraction of sp³-hybridized carbons (Fsp3) is 0.600. The Hall–Kier alpha value is -1.62. The van der Waals surface area contributed by atoms with Crippen molar-refractivity contribution < 1.29 is 15.0 Å². The lowest BCUT2D eigenvalue weighted by Crippen LogP contribution is -2.26. The zero-order chi connectivity index (χ0) is 15.5. The molecule has 0 fully saturated rings. The van der Waals surface area contributed by atoms with Gasteiger partial charge < -0.3 is 15.5 Å². The van der Waals surface area contributed by atoms with Crippen molar-refractivity contribution >= 4 is 11.8 Å². The van der Waals surface area contributed by atoms with Crippen LogP contribution in [0.3, 0.4) is 0 Å². The number of nitrogens with one attached hydrogen (secondary N) is 1. The molecule has 0 saturated carbocycles. The number of hydrogen-bond donors (Lipinski definition) is 3. The Morgan fingerprint density at radius 3 is 2.40 bits per heavy atom. The fourth-order valence-electron chi connectivity index (χ4n) is 1.57. The monoisotopic (exact) mass is 280 g/mol. The minimum Gasteiger partial charge on any atom is -0.478 e. The molecule has 0 spiro atoms. The number of rotatable bonds is 5. The summed E-state index contributed by atoms with van der Waals surface area (Å²) < 4.78 is 0. The minimum absolute atomic E-state index is 0.132. The summed E-state index contributed by atoms with van der Waals surface area (Å²) in [4.78, 5) is 15.6. The van der Waals surface area contributed by atoms with E-state index < -0.39 is 12.1 Å². The van der Waals surface area contributed by atoms with E-state index in [1.807, 2.05) is 34.6 Å². The number of carboxylic acid groups (broad SMARTS) is 1. The largest absolute Gasteiger partial charge is 0.478 e. The molecule has 3 N–H and O–H groups in total. The third-order valence-corrected chi connectivity index (χ3v) is 3.10. The number of anilines is 1. The first-order valence-corrected chi connectivity index (χ1v) is 6.79. The van der Waals surface area contributed by atoms with Gasteiger partial charge in [-0.15, -0.1) is 0 Å². The second kappa shape index (κ2) is 6.22. The Bertz CT molecular complexity index is 478. The average molecular weight is 280 g/mol. The number of carbonyl (C=O) groups is 1. The van der Waals surface area contributed by atoms with Crippen LogP contribution in [0.2, 0.25) is 0 Å². The van der Waals surface area contributed by atoms with E-state index in [1.54, 1.807) is 6.07 Å². The molecule has 0 radical (unpaired) electrons. The molecule has 20 heavy (non-hydrogen) atoms. The number of hydrogen-bond acceptors (Lipinski definition) is 4. The maximum absolute atomic E-state index is 11.2. The van der Waals surface area contributed by atoms with Crippen LogP contribution in [0.25, 0.3) is 0 Å². The van der Waals surface area contributed by atoms with Gasteiger partial charge in [0.2, 0.25) is 0 Å². The molecular weight excluding hydrogens is 256 g/mol. The molecular formula is C15H24N2O3. The van der Waals surface area contributed by atoms with E-state index in [-0.39, 0.29) is 16.9 Å². The molecule has 5 nitrogen and oxygen atoms in total. The summed E-state index contributed by atoms with van der Waals surface area (Å²) >= 11 is 0. The zero-order valence-corrected chi connectivity index (χ0v) is 12.8. The lowest BCUT2D eigenvalue weighted by molar-refractivity contribution is 0.0696. The number of aromatic carboxylic acids is 1. The second-order valence-corrected chi connectivity index (χ2v) is 6.37. The highest BCUT2D eigenvalue weighted by atomic mass is 16.4. The molecule has 1 rings (SSSR count). The number of aromatic nitrogens is 1. The summed E-state index contributed by atoms with van der Waals surface area (Å²) in [7, 11) is 0. The second-order valence-electron chi connectivity index (χ2n) is 6.37. The summed E-state index contributed by atoms with van der Waals surface area (Å²) in [6.07, 6.45) is -0.497. The molecule has 0 amide bonds. The lowest BCUT2D eigenvalue weighted by Gasteiger charge is -2.21. The molecule has 1 aromatic rings. The standard InChI is InChI=1S/C15H24N2O3/c1-9(2)11(18)8-16-13-7-10(14(19)20)6-12(17-13)15(3,4)5/h6-7,9,11,18H,8H2,1-5H3,(H,16,17)(H,19,20). The Balaban J connectivity index is 3.01. The number of carboxylic acids is 1. The van der Waals surface area contributed by atoms with Crippen molar-refractivity contribution in [3.05, 3.63) is 23.4 Å². The van der Waals surface area contributed by atoms with E-state index in [0.717, 1.165) is 0 Å². The predicted octanol–water partition coefficient (Wildman–Crippen LogP) is 2.51. The van der Waals surface area contributed by atoms with Crippen LogP contribution < -0.4 is 5.32 Å². The van der Waals surface area contributed by atoms with Crippen LogP contribution in [0.15, 0.2) is 12.1 Å². The van der Waals surface area contributed by atoms with Gasteiger partial charge in [0.15, 0.2) is 0 Å². The average Bonchev–Trinajstić information content (AvgIpc) is 2.34. The van der Waals surface area contributed by atoms with Crippen molar-refractivity contribution in [2.45, 2.75) is 46.1 Å². The molecule has 0 aliphatic heterocycles. The molecule has 0 bridgehead atoms. The van der Waals surface area contributed by atoms with Gasteiger partial charge in [0.25, 0.3) is 0 Å². The van der Waals surface area contributed by atoms with E-state index in [1.165, 1.54) is 6.07 Å². The Labute approximate surface area is 120 Å². The first kappa shape index (κ1) is 16.4. The summed E-state index contributed by atoms with van der Waals surface area (Å²) in [5, 5.41) is 22.0. The maximum atomic E-state index is 11.2. The topological polar surface area (TPSA) is 82.5 Å². The predicted molar refractivity (Wildman–Crippen MR) is 79.2 cm³/mol. The van der Waals surface area contributed by atoms with Crippen LogP contribution in [0.5, 0.6) is 0 Å². The number of aliphatic hydroxyl groups is 1. The minimum atomic E-state index is -0.981. The third-order valence-electron chi connectivity index (χ3n) is 3.10. The SMILES string of the molecule is CC(C)C(O)CNc1cc(C(=O)O)cc(C(C)(C)C)n1. The van der Waals surface area contributed by atoms with Crippen LogP contribution in [-0.4, -0.2) is 33.8 Å². The quantitative estimate of drug-likeness (QED) is 0.772. The lowest BCUT2D eigenvalue weighted by atomic mass is 9.90. The highest BCUT2D eigenvalue weighted by Gasteiger charge is 2.19. The van der Waals surface area contributed by atoms with Crippen molar-refractivity contribution in [2.75, 3.05) is 11.9 Å². The Morgan fingerprint density at radius 2 is 1.95 bits per heavy atom. The van der Waals surface area contributed by atoms with Gasteiger partial charge in [-0.25, -0.2) is 9.78 Å². The Morgan fingerprint density at radius 1 is 1.35 bits per heavy atom. The maximum Gasteiger partial charge on any atom is 0.335 e.